The van der Waals surface area contributed by atoms with Gasteiger partial charge in [0, 0.05) is 29.4 Å². The summed E-state index contributed by atoms with van der Waals surface area (Å²) in [5, 5.41) is 2.60. The zero-order valence-electron chi connectivity index (χ0n) is 7.70. The summed E-state index contributed by atoms with van der Waals surface area (Å²) in [6, 6.07) is 0. The number of thiocarbonyl (C=S) groups is 1. The topological polar surface area (TPSA) is 72.2 Å². The van der Waals surface area contributed by atoms with Crippen LogP contribution < -0.4 is 11.1 Å². The lowest BCUT2D eigenvalue weighted by molar-refractivity contribution is -0.122. The molecule has 6 heteroatoms. The first kappa shape index (κ1) is 12.5. The van der Waals surface area contributed by atoms with Gasteiger partial charge in [0.2, 0.25) is 5.91 Å². The molecule has 0 aliphatic carbocycles. The first-order chi connectivity index (χ1) is 5.95. The van der Waals surface area contributed by atoms with Crippen molar-refractivity contribution in [2.24, 2.45) is 11.7 Å². The van der Waals surface area contributed by atoms with E-state index in [2.05, 4.69) is 17.5 Å². The Morgan fingerprint density at radius 1 is 1.69 bits per heavy atom. The molecule has 76 valence electrons. The van der Waals surface area contributed by atoms with Crippen LogP contribution in [0.3, 0.4) is 0 Å². The summed E-state index contributed by atoms with van der Waals surface area (Å²) in [5.41, 5.74) is 5.28. The third kappa shape index (κ3) is 5.70. The summed E-state index contributed by atoms with van der Waals surface area (Å²) in [6.07, 6.45) is 1.59. The molecule has 0 aromatic rings. The monoisotopic (exact) mass is 222 g/mol. The van der Waals surface area contributed by atoms with Crippen molar-refractivity contribution < 1.29 is 9.00 Å². The molecule has 0 radical (unpaired) electrons. The first-order valence-electron chi connectivity index (χ1n) is 3.82. The molecule has 0 aliphatic rings. The lowest BCUT2D eigenvalue weighted by atomic mass is 10.2. The molecule has 4 nitrogen and oxygen atoms in total. The van der Waals surface area contributed by atoms with Crippen molar-refractivity contribution in [3.05, 3.63) is 0 Å². The Bertz CT molecular complexity index is 231. The van der Waals surface area contributed by atoms with Crippen LogP contribution in [-0.2, 0) is 15.6 Å². The van der Waals surface area contributed by atoms with Gasteiger partial charge in [-0.3, -0.25) is 9.00 Å². The van der Waals surface area contributed by atoms with Crippen molar-refractivity contribution in [3.63, 3.8) is 0 Å². The molecule has 1 amide bonds. The molecule has 2 unspecified atom stereocenters. The van der Waals surface area contributed by atoms with Crippen LogP contribution in [-0.4, -0.2) is 33.7 Å². The minimum Gasteiger partial charge on any atom is -0.393 e. The van der Waals surface area contributed by atoms with Gasteiger partial charge in [0.25, 0.3) is 0 Å². The van der Waals surface area contributed by atoms with Gasteiger partial charge in [-0.2, -0.15) is 0 Å². The third-order valence-electron chi connectivity index (χ3n) is 1.51. The van der Waals surface area contributed by atoms with E-state index < -0.39 is 16.7 Å². The van der Waals surface area contributed by atoms with Crippen molar-refractivity contribution in [2.45, 2.75) is 6.92 Å². The zero-order valence-corrected chi connectivity index (χ0v) is 9.33. The van der Waals surface area contributed by atoms with Crippen molar-refractivity contribution in [1.29, 1.82) is 0 Å². The molecule has 0 aromatic carbocycles. The molecule has 0 aromatic heterocycles. The number of nitrogens with one attached hydrogen (secondary N) is 1. The Kier molecular flexibility index (Phi) is 5.81. The Labute approximate surface area is 85.7 Å². The number of rotatable bonds is 5. The van der Waals surface area contributed by atoms with Gasteiger partial charge < -0.3 is 11.1 Å². The number of nitrogens with two attached hydrogens (primary N) is 1. The van der Waals surface area contributed by atoms with Crippen molar-refractivity contribution in [2.75, 3.05) is 18.6 Å². The first-order valence-corrected chi connectivity index (χ1v) is 5.95. The Morgan fingerprint density at radius 2 is 2.23 bits per heavy atom. The fourth-order valence-electron chi connectivity index (χ4n) is 0.600. The van der Waals surface area contributed by atoms with E-state index in [-0.39, 0.29) is 10.9 Å². The molecule has 0 saturated heterocycles. The molecule has 0 fully saturated rings. The number of carbonyl (C=O) groups is 1. The average molecular weight is 222 g/mol. The van der Waals surface area contributed by atoms with Gasteiger partial charge in [-0.25, -0.2) is 0 Å². The molecule has 13 heavy (non-hydrogen) atoms. The molecule has 0 aliphatic heterocycles. The highest BCUT2D eigenvalue weighted by molar-refractivity contribution is 7.84. The molecule has 0 spiro atoms. The summed E-state index contributed by atoms with van der Waals surface area (Å²) in [7, 11) is -0.885. The van der Waals surface area contributed by atoms with Gasteiger partial charge in [-0.1, -0.05) is 12.2 Å². The maximum absolute atomic E-state index is 11.2. The summed E-state index contributed by atoms with van der Waals surface area (Å²) < 4.78 is 10.6. The quantitative estimate of drug-likeness (QED) is 0.610. The highest BCUT2D eigenvalue weighted by atomic mass is 32.2. The largest absolute Gasteiger partial charge is 0.393 e. The molecule has 3 N–H and O–H groups in total. The van der Waals surface area contributed by atoms with Crippen molar-refractivity contribution in [1.82, 2.24) is 5.32 Å². The van der Waals surface area contributed by atoms with Crippen LogP contribution in [0.2, 0.25) is 0 Å². The number of amides is 1. The van der Waals surface area contributed by atoms with Gasteiger partial charge in [-0.05, 0) is 6.92 Å². The van der Waals surface area contributed by atoms with E-state index in [4.69, 9.17) is 5.73 Å². The number of carbonyl (C=O) groups excluding carboxylic acids is 1. The minimum atomic E-state index is -0.885. The molecular formula is C7H14N2O2S2. The van der Waals surface area contributed by atoms with E-state index in [9.17, 15) is 9.00 Å². The molecule has 2 atom stereocenters. The SMILES string of the molecule is CC(C(=O)NCCS(C)=O)C(N)=S. The van der Waals surface area contributed by atoms with Crippen LogP contribution in [0.15, 0.2) is 0 Å². The molecule has 0 saturated carbocycles. The van der Waals surface area contributed by atoms with Gasteiger partial charge in [0.15, 0.2) is 0 Å². The van der Waals surface area contributed by atoms with Crippen LogP contribution in [0.1, 0.15) is 6.92 Å². The standard InChI is InChI=1S/C7H14N2O2S2/c1-5(6(8)12)7(10)9-3-4-13(2)11/h5H,3-4H2,1-2H3,(H2,8,12)(H,9,10). The predicted molar refractivity (Wildman–Crippen MR) is 57.9 cm³/mol. The van der Waals surface area contributed by atoms with E-state index in [1.165, 1.54) is 0 Å². The highest BCUT2D eigenvalue weighted by Crippen LogP contribution is 1.93. The minimum absolute atomic E-state index is 0.176. The van der Waals surface area contributed by atoms with E-state index >= 15 is 0 Å². The molecular weight excluding hydrogens is 208 g/mol. The fourth-order valence-corrected chi connectivity index (χ4v) is 1.10. The summed E-state index contributed by atoms with van der Waals surface area (Å²) >= 11 is 4.65. The molecule has 0 rings (SSSR count). The fraction of sp³-hybridized carbons (Fsp3) is 0.714. The van der Waals surface area contributed by atoms with Crippen LogP contribution in [0.25, 0.3) is 0 Å². The van der Waals surface area contributed by atoms with Gasteiger partial charge in [-0.15, -0.1) is 0 Å². The van der Waals surface area contributed by atoms with E-state index in [1.807, 2.05) is 0 Å². The second-order valence-corrected chi connectivity index (χ2v) is 4.72. The van der Waals surface area contributed by atoms with E-state index in [1.54, 1.807) is 13.2 Å². The van der Waals surface area contributed by atoms with Crippen molar-refractivity contribution >= 4 is 33.9 Å². The predicted octanol–water partition coefficient (Wildman–Crippen LogP) is -0.597. The van der Waals surface area contributed by atoms with Crippen LogP contribution in [0.5, 0.6) is 0 Å². The molecule has 0 bridgehead atoms. The zero-order chi connectivity index (χ0) is 10.4. The maximum Gasteiger partial charge on any atom is 0.229 e. The lowest BCUT2D eigenvalue weighted by Crippen LogP contribution is -2.37. The number of hydrogen-bond donors (Lipinski definition) is 2. The second-order valence-electron chi connectivity index (χ2n) is 2.69. The Morgan fingerprint density at radius 3 is 2.62 bits per heavy atom. The van der Waals surface area contributed by atoms with Crippen LogP contribution in [0.4, 0.5) is 0 Å². The highest BCUT2D eigenvalue weighted by Gasteiger charge is 2.14. The maximum atomic E-state index is 11.2. The summed E-state index contributed by atoms with van der Waals surface area (Å²) in [4.78, 5) is 11.4. The summed E-state index contributed by atoms with van der Waals surface area (Å²) in [5.74, 6) is -0.214. The van der Waals surface area contributed by atoms with E-state index in [0.29, 0.717) is 12.3 Å². The molecule has 0 heterocycles. The van der Waals surface area contributed by atoms with E-state index in [0.717, 1.165) is 0 Å². The van der Waals surface area contributed by atoms with Gasteiger partial charge in [0.05, 0.1) is 10.9 Å². The van der Waals surface area contributed by atoms with Crippen LogP contribution >= 0.6 is 12.2 Å². The summed E-state index contributed by atoms with van der Waals surface area (Å²) in [6.45, 7) is 2.04. The van der Waals surface area contributed by atoms with Gasteiger partial charge in [0.1, 0.15) is 0 Å². The Balaban J connectivity index is 3.75. The van der Waals surface area contributed by atoms with Gasteiger partial charge >= 0.3 is 0 Å². The number of hydrogen-bond acceptors (Lipinski definition) is 3. The average Bonchev–Trinajstić information content (AvgIpc) is 2.02. The van der Waals surface area contributed by atoms with Crippen molar-refractivity contribution in [3.8, 4) is 0 Å². The Hall–Kier alpha value is -0.490. The van der Waals surface area contributed by atoms with Crippen LogP contribution in [0, 0.1) is 5.92 Å². The third-order valence-corrected chi connectivity index (χ3v) is 2.64. The lowest BCUT2D eigenvalue weighted by Gasteiger charge is -2.09. The second kappa shape index (κ2) is 6.04. The normalized spacial score (nSPS) is 14.6. The smallest absolute Gasteiger partial charge is 0.229 e.